The fourth-order valence-electron chi connectivity index (χ4n) is 0.842. The normalized spacial score (nSPS) is 12.7. The predicted octanol–water partition coefficient (Wildman–Crippen LogP) is 0.401. The van der Waals surface area contributed by atoms with Crippen molar-refractivity contribution in [1.29, 1.82) is 0 Å². The summed E-state index contributed by atoms with van der Waals surface area (Å²) in [5.41, 5.74) is 0. The molecular weight excluding hydrogens is 269 g/mol. The van der Waals surface area contributed by atoms with Crippen LogP contribution in [0.4, 0.5) is 4.39 Å². The van der Waals surface area contributed by atoms with Gasteiger partial charge in [-0.1, -0.05) is 0 Å². The molecule has 0 saturated heterocycles. The lowest BCUT2D eigenvalue weighted by molar-refractivity contribution is 0.588. The first-order chi connectivity index (χ1) is 6.60. The molecule has 0 aliphatic heterocycles. The maximum Gasteiger partial charge on any atom is 0.261 e. The minimum Gasteiger partial charge on any atom is -0.225 e. The van der Waals surface area contributed by atoms with E-state index in [1.807, 2.05) is 0 Å². The van der Waals surface area contributed by atoms with Crippen LogP contribution in [0.5, 0.6) is 0 Å². The molecule has 0 saturated carbocycles. The molecule has 1 aromatic rings. The van der Waals surface area contributed by atoms with E-state index in [1.165, 1.54) is 0 Å². The Labute approximate surface area is 90.1 Å². The standard InChI is InChI=1S/C6H5ClFNO4S2/c7-14(10,11)5-1-4(8)2-6(3-5)15(9,12)13/h1-3H,(H2,9,12,13). The maximum atomic E-state index is 12.8. The minimum absolute atomic E-state index is 0.594. The molecule has 0 fully saturated rings. The molecule has 0 radical (unpaired) electrons. The highest BCUT2D eigenvalue weighted by Crippen LogP contribution is 2.20. The second kappa shape index (κ2) is 3.71. The van der Waals surface area contributed by atoms with Crippen LogP contribution in [0.2, 0.25) is 0 Å². The van der Waals surface area contributed by atoms with Crippen LogP contribution >= 0.6 is 10.7 Å². The van der Waals surface area contributed by atoms with Gasteiger partial charge in [0.05, 0.1) is 9.79 Å². The van der Waals surface area contributed by atoms with Crippen LogP contribution < -0.4 is 5.14 Å². The fraction of sp³-hybridized carbons (Fsp3) is 0. The Morgan fingerprint density at radius 2 is 1.53 bits per heavy atom. The predicted molar refractivity (Wildman–Crippen MR) is 50.8 cm³/mol. The van der Waals surface area contributed by atoms with E-state index in [-0.39, 0.29) is 0 Å². The second-order valence-corrected chi connectivity index (χ2v) is 6.73. The Balaban J connectivity index is 3.57. The molecule has 0 aliphatic rings. The smallest absolute Gasteiger partial charge is 0.225 e. The summed E-state index contributed by atoms with van der Waals surface area (Å²) in [7, 11) is -3.44. The molecule has 9 heteroatoms. The Hall–Kier alpha value is -0.700. The molecular formula is C6H5ClFNO4S2. The topological polar surface area (TPSA) is 94.3 Å². The third kappa shape index (κ3) is 3.13. The molecule has 84 valence electrons. The molecule has 0 aliphatic carbocycles. The number of halogens is 2. The zero-order valence-corrected chi connectivity index (χ0v) is 9.40. The quantitative estimate of drug-likeness (QED) is 0.789. The highest BCUT2D eigenvalue weighted by atomic mass is 35.7. The average Bonchev–Trinajstić information content (AvgIpc) is 1.99. The van der Waals surface area contributed by atoms with E-state index in [9.17, 15) is 21.2 Å². The van der Waals surface area contributed by atoms with Crippen molar-refractivity contribution in [3.63, 3.8) is 0 Å². The molecule has 2 N–H and O–H groups in total. The van der Waals surface area contributed by atoms with Gasteiger partial charge in [-0.25, -0.2) is 26.4 Å². The monoisotopic (exact) mass is 273 g/mol. The summed E-state index contributed by atoms with van der Waals surface area (Å²) in [5, 5.41) is 4.71. The first-order valence-corrected chi connectivity index (χ1v) is 7.24. The Kier molecular flexibility index (Phi) is 3.06. The molecule has 15 heavy (non-hydrogen) atoms. The van der Waals surface area contributed by atoms with Crippen molar-refractivity contribution in [2.24, 2.45) is 5.14 Å². The van der Waals surface area contributed by atoms with Crippen LogP contribution in [0.15, 0.2) is 28.0 Å². The van der Waals surface area contributed by atoms with E-state index < -0.39 is 34.7 Å². The third-order valence-corrected chi connectivity index (χ3v) is 3.68. The van der Waals surface area contributed by atoms with E-state index >= 15 is 0 Å². The van der Waals surface area contributed by atoms with Gasteiger partial charge < -0.3 is 0 Å². The zero-order valence-electron chi connectivity index (χ0n) is 7.01. The summed E-state index contributed by atoms with van der Waals surface area (Å²) in [6.45, 7) is 0. The molecule has 0 spiro atoms. The Morgan fingerprint density at radius 3 is 1.93 bits per heavy atom. The van der Waals surface area contributed by atoms with Gasteiger partial charge in [-0.3, -0.25) is 0 Å². The average molecular weight is 274 g/mol. The van der Waals surface area contributed by atoms with E-state index in [2.05, 4.69) is 0 Å². The second-order valence-electron chi connectivity index (χ2n) is 2.61. The van der Waals surface area contributed by atoms with Crippen molar-refractivity contribution >= 4 is 29.8 Å². The molecule has 5 nitrogen and oxygen atoms in total. The van der Waals surface area contributed by atoms with Crippen molar-refractivity contribution in [3.8, 4) is 0 Å². The van der Waals surface area contributed by atoms with Crippen LogP contribution in [-0.2, 0) is 19.1 Å². The van der Waals surface area contributed by atoms with Gasteiger partial charge in [-0.2, -0.15) is 0 Å². The molecule has 0 heterocycles. The first kappa shape index (κ1) is 12.4. The number of hydrogen-bond donors (Lipinski definition) is 1. The van der Waals surface area contributed by atoms with Crippen LogP contribution in [0.1, 0.15) is 0 Å². The number of rotatable bonds is 2. The van der Waals surface area contributed by atoms with Gasteiger partial charge in [0, 0.05) is 10.7 Å². The van der Waals surface area contributed by atoms with Crippen LogP contribution in [0.25, 0.3) is 0 Å². The van der Waals surface area contributed by atoms with Gasteiger partial charge in [-0.15, -0.1) is 0 Å². The van der Waals surface area contributed by atoms with Crippen molar-refractivity contribution in [3.05, 3.63) is 24.0 Å². The lowest BCUT2D eigenvalue weighted by Gasteiger charge is -2.01. The largest absolute Gasteiger partial charge is 0.261 e. The Bertz CT molecular complexity index is 545. The highest BCUT2D eigenvalue weighted by Gasteiger charge is 2.17. The molecule has 0 aromatic heterocycles. The summed E-state index contributed by atoms with van der Waals surface area (Å²) < 4.78 is 56.2. The van der Waals surface area contributed by atoms with Crippen LogP contribution in [0, 0.1) is 5.82 Å². The number of nitrogens with two attached hydrogens (primary N) is 1. The van der Waals surface area contributed by atoms with Gasteiger partial charge in [0.15, 0.2) is 0 Å². The first-order valence-electron chi connectivity index (χ1n) is 3.39. The summed E-state index contributed by atoms with van der Waals surface area (Å²) in [4.78, 5) is -1.31. The van der Waals surface area contributed by atoms with E-state index in [1.54, 1.807) is 0 Å². The molecule has 0 amide bonds. The number of sulfonamides is 1. The molecule has 1 aromatic carbocycles. The van der Waals surface area contributed by atoms with E-state index in [0.717, 1.165) is 0 Å². The Morgan fingerprint density at radius 1 is 1.07 bits per heavy atom. The molecule has 0 atom stereocenters. The van der Waals surface area contributed by atoms with Crippen molar-refractivity contribution < 1.29 is 21.2 Å². The molecule has 0 unspecified atom stereocenters. The molecule has 1 rings (SSSR count). The third-order valence-electron chi connectivity index (χ3n) is 1.45. The highest BCUT2D eigenvalue weighted by molar-refractivity contribution is 8.13. The molecule has 0 bridgehead atoms. The zero-order chi connectivity index (χ0) is 11.9. The van der Waals surface area contributed by atoms with Gasteiger partial charge in [0.1, 0.15) is 5.82 Å². The van der Waals surface area contributed by atoms with Gasteiger partial charge in [0.2, 0.25) is 10.0 Å². The number of benzene rings is 1. The fourth-order valence-corrected chi connectivity index (χ4v) is 2.27. The summed E-state index contributed by atoms with van der Waals surface area (Å²) >= 11 is 0. The van der Waals surface area contributed by atoms with Crippen molar-refractivity contribution in [2.75, 3.05) is 0 Å². The van der Waals surface area contributed by atoms with Gasteiger partial charge in [0.25, 0.3) is 9.05 Å². The van der Waals surface area contributed by atoms with Crippen molar-refractivity contribution in [2.45, 2.75) is 9.79 Å². The summed E-state index contributed by atoms with van der Waals surface area (Å²) in [6.07, 6.45) is 0. The van der Waals surface area contributed by atoms with Crippen LogP contribution in [0.3, 0.4) is 0 Å². The number of hydrogen-bond acceptors (Lipinski definition) is 4. The maximum absolute atomic E-state index is 12.8. The lowest BCUT2D eigenvalue weighted by Crippen LogP contribution is -2.13. The van der Waals surface area contributed by atoms with E-state index in [4.69, 9.17) is 15.8 Å². The van der Waals surface area contributed by atoms with Gasteiger partial charge in [-0.05, 0) is 18.2 Å². The minimum atomic E-state index is -4.20. The summed E-state index contributed by atoms with van der Waals surface area (Å²) in [6, 6.07) is 1.87. The lowest BCUT2D eigenvalue weighted by atomic mass is 10.3. The number of primary sulfonamides is 1. The van der Waals surface area contributed by atoms with Crippen molar-refractivity contribution in [1.82, 2.24) is 0 Å². The SMILES string of the molecule is NS(=O)(=O)c1cc(F)cc(S(=O)(=O)Cl)c1. The van der Waals surface area contributed by atoms with Gasteiger partial charge >= 0.3 is 0 Å². The van der Waals surface area contributed by atoms with Crippen LogP contribution in [-0.4, -0.2) is 16.8 Å². The van der Waals surface area contributed by atoms with E-state index in [0.29, 0.717) is 18.2 Å². The summed E-state index contributed by atoms with van der Waals surface area (Å²) in [5.74, 6) is -1.05.